The molecule has 35 heavy (non-hydrogen) atoms. The molecule has 1 heteroatoms. The van der Waals surface area contributed by atoms with Crippen LogP contribution in [0.25, 0.3) is 0 Å². The van der Waals surface area contributed by atoms with E-state index < -0.39 is 0 Å². The van der Waals surface area contributed by atoms with Crippen LogP contribution in [0.4, 0.5) is 0 Å². The van der Waals surface area contributed by atoms with E-state index in [4.69, 9.17) is 5.73 Å². The summed E-state index contributed by atoms with van der Waals surface area (Å²) < 4.78 is 0. The van der Waals surface area contributed by atoms with Crippen LogP contribution in [0.1, 0.15) is 212 Å². The second-order valence-electron chi connectivity index (χ2n) is 11.7. The number of hydrogen-bond donors (Lipinski definition) is 1. The van der Waals surface area contributed by atoms with Crippen molar-refractivity contribution in [1.29, 1.82) is 0 Å². The third kappa shape index (κ3) is 34.0. The van der Waals surface area contributed by atoms with Gasteiger partial charge in [-0.2, -0.15) is 0 Å². The number of hydrogen-bond acceptors (Lipinski definition) is 1. The van der Waals surface area contributed by atoms with Gasteiger partial charge >= 0.3 is 0 Å². The van der Waals surface area contributed by atoms with E-state index in [-0.39, 0.29) is 0 Å². The molecule has 0 bridgehead atoms. The van der Waals surface area contributed by atoms with Crippen molar-refractivity contribution in [2.75, 3.05) is 6.54 Å². The average molecular weight is 494 g/mol. The van der Waals surface area contributed by atoms with E-state index in [1.165, 1.54) is 205 Å². The van der Waals surface area contributed by atoms with Crippen LogP contribution in [0.2, 0.25) is 0 Å². The van der Waals surface area contributed by atoms with Crippen LogP contribution < -0.4 is 5.73 Å². The van der Waals surface area contributed by atoms with Crippen molar-refractivity contribution in [1.82, 2.24) is 0 Å². The molecule has 0 aliphatic rings. The Kier molecular flexibility index (Phi) is 33.9. The fourth-order valence-corrected chi connectivity index (χ4v) is 5.52. The van der Waals surface area contributed by atoms with Crippen molar-refractivity contribution in [3.8, 4) is 0 Å². The minimum absolute atomic E-state index is 0.875. The SMILES string of the molecule is CCCCCCCCCCCCCCCCCCCCCCCCCCCCCCCCCCN. The molecule has 0 radical (unpaired) electrons. The molecule has 1 nitrogen and oxygen atoms in total. The van der Waals surface area contributed by atoms with Crippen LogP contribution >= 0.6 is 0 Å². The molecule has 0 spiro atoms. The summed E-state index contributed by atoms with van der Waals surface area (Å²) in [5.74, 6) is 0. The Morgan fingerprint density at radius 2 is 0.371 bits per heavy atom. The van der Waals surface area contributed by atoms with Gasteiger partial charge in [0.15, 0.2) is 0 Å². The van der Waals surface area contributed by atoms with Gasteiger partial charge in [0.05, 0.1) is 0 Å². The Morgan fingerprint density at radius 3 is 0.514 bits per heavy atom. The molecule has 0 saturated heterocycles. The highest BCUT2D eigenvalue weighted by Gasteiger charge is 1.97. The quantitative estimate of drug-likeness (QED) is 0.0926. The van der Waals surface area contributed by atoms with E-state index in [1.54, 1.807) is 0 Å². The van der Waals surface area contributed by atoms with Gasteiger partial charge in [-0.15, -0.1) is 0 Å². The lowest BCUT2D eigenvalue weighted by Gasteiger charge is -2.04. The van der Waals surface area contributed by atoms with Crippen molar-refractivity contribution in [3.05, 3.63) is 0 Å². The maximum atomic E-state index is 5.54. The van der Waals surface area contributed by atoms with Crippen molar-refractivity contribution < 1.29 is 0 Å². The molecular weight excluding hydrogens is 422 g/mol. The first-order valence-electron chi connectivity index (χ1n) is 17.1. The summed E-state index contributed by atoms with van der Waals surface area (Å²) in [5.41, 5.74) is 5.54. The maximum absolute atomic E-state index is 5.54. The highest BCUT2D eigenvalue weighted by atomic mass is 14.5. The fraction of sp³-hybridized carbons (Fsp3) is 1.00. The second kappa shape index (κ2) is 34.0. The molecule has 0 fully saturated rings. The Hall–Kier alpha value is -0.0400. The van der Waals surface area contributed by atoms with Gasteiger partial charge in [0.25, 0.3) is 0 Å². The third-order valence-electron chi connectivity index (χ3n) is 8.06. The molecule has 0 aromatic carbocycles. The predicted octanol–water partition coefficient (Wildman–Crippen LogP) is 12.4. The van der Waals surface area contributed by atoms with Gasteiger partial charge in [-0.05, 0) is 13.0 Å². The van der Waals surface area contributed by atoms with Crippen LogP contribution in [0.5, 0.6) is 0 Å². The van der Waals surface area contributed by atoms with E-state index in [1.807, 2.05) is 0 Å². The fourth-order valence-electron chi connectivity index (χ4n) is 5.52. The summed E-state index contributed by atoms with van der Waals surface area (Å²) in [6.07, 6.45) is 46.8. The number of nitrogens with two attached hydrogens (primary N) is 1. The Bertz CT molecular complexity index is 307. The Balaban J connectivity index is 3.00. The lowest BCUT2D eigenvalue weighted by Crippen LogP contribution is -1.97. The zero-order valence-electron chi connectivity index (χ0n) is 24.9. The molecule has 0 amide bonds. The maximum Gasteiger partial charge on any atom is -0.00773 e. The first-order valence-corrected chi connectivity index (χ1v) is 17.1. The topological polar surface area (TPSA) is 26.0 Å². The summed E-state index contributed by atoms with van der Waals surface area (Å²) in [5, 5.41) is 0. The highest BCUT2D eigenvalue weighted by molar-refractivity contribution is 4.52. The molecule has 0 saturated carbocycles. The second-order valence-corrected chi connectivity index (χ2v) is 11.7. The van der Waals surface area contributed by atoms with Gasteiger partial charge in [0.2, 0.25) is 0 Å². The van der Waals surface area contributed by atoms with E-state index >= 15 is 0 Å². The Labute approximate surface area is 224 Å². The van der Waals surface area contributed by atoms with Gasteiger partial charge in [-0.3, -0.25) is 0 Å². The molecule has 212 valence electrons. The van der Waals surface area contributed by atoms with Gasteiger partial charge in [0.1, 0.15) is 0 Å². The van der Waals surface area contributed by atoms with E-state index in [2.05, 4.69) is 6.92 Å². The number of rotatable bonds is 32. The molecule has 0 heterocycles. The molecule has 0 aromatic heterocycles. The van der Waals surface area contributed by atoms with Crippen molar-refractivity contribution >= 4 is 0 Å². The largest absolute Gasteiger partial charge is 0.330 e. The third-order valence-corrected chi connectivity index (χ3v) is 8.06. The normalized spacial score (nSPS) is 11.5. The monoisotopic (exact) mass is 494 g/mol. The highest BCUT2D eigenvalue weighted by Crippen LogP contribution is 2.16. The van der Waals surface area contributed by atoms with Crippen molar-refractivity contribution in [2.45, 2.75) is 212 Å². The van der Waals surface area contributed by atoms with Crippen LogP contribution in [0.15, 0.2) is 0 Å². The average Bonchev–Trinajstić information content (AvgIpc) is 2.87. The molecule has 0 aliphatic heterocycles. The summed E-state index contributed by atoms with van der Waals surface area (Å²) in [4.78, 5) is 0. The minimum atomic E-state index is 0.875. The standard InChI is InChI=1S/C34H71N/c1-2-3-4-5-6-7-8-9-10-11-12-13-14-15-16-17-18-19-20-21-22-23-24-25-26-27-28-29-30-31-32-33-34-35/h2-35H2,1H3. The van der Waals surface area contributed by atoms with Gasteiger partial charge in [-0.1, -0.05) is 206 Å². The van der Waals surface area contributed by atoms with Gasteiger partial charge in [-0.25, -0.2) is 0 Å². The van der Waals surface area contributed by atoms with Gasteiger partial charge < -0.3 is 5.73 Å². The van der Waals surface area contributed by atoms with E-state index in [0.29, 0.717) is 0 Å². The predicted molar refractivity (Wildman–Crippen MR) is 162 cm³/mol. The van der Waals surface area contributed by atoms with Crippen LogP contribution in [-0.4, -0.2) is 6.54 Å². The summed E-state index contributed by atoms with van der Waals surface area (Å²) >= 11 is 0. The first kappa shape index (κ1) is 35.0. The van der Waals surface area contributed by atoms with Crippen molar-refractivity contribution in [2.24, 2.45) is 5.73 Å². The molecular formula is C34H71N. The molecule has 0 aliphatic carbocycles. The molecule has 0 unspecified atom stereocenters. The van der Waals surface area contributed by atoms with E-state index in [9.17, 15) is 0 Å². The molecule has 0 rings (SSSR count). The zero-order valence-corrected chi connectivity index (χ0v) is 24.9. The van der Waals surface area contributed by atoms with Crippen LogP contribution in [-0.2, 0) is 0 Å². The lowest BCUT2D eigenvalue weighted by atomic mass is 10.0. The summed E-state index contributed by atoms with van der Waals surface area (Å²) in [6, 6.07) is 0. The lowest BCUT2D eigenvalue weighted by molar-refractivity contribution is 0.512. The van der Waals surface area contributed by atoms with Crippen LogP contribution in [0, 0.1) is 0 Å². The zero-order chi connectivity index (χ0) is 25.3. The summed E-state index contributed by atoms with van der Waals surface area (Å²) in [6.45, 7) is 3.18. The minimum Gasteiger partial charge on any atom is -0.330 e. The van der Waals surface area contributed by atoms with Crippen molar-refractivity contribution in [3.63, 3.8) is 0 Å². The Morgan fingerprint density at radius 1 is 0.229 bits per heavy atom. The van der Waals surface area contributed by atoms with E-state index in [0.717, 1.165) is 6.54 Å². The first-order chi connectivity index (χ1) is 17.4. The molecule has 0 aromatic rings. The number of unbranched alkanes of at least 4 members (excludes halogenated alkanes) is 31. The van der Waals surface area contributed by atoms with Gasteiger partial charge in [0, 0.05) is 0 Å². The summed E-state index contributed by atoms with van der Waals surface area (Å²) in [7, 11) is 0. The van der Waals surface area contributed by atoms with Crippen LogP contribution in [0.3, 0.4) is 0 Å². The smallest absolute Gasteiger partial charge is 0.00773 e. The molecule has 2 N–H and O–H groups in total. The molecule has 0 atom stereocenters.